The van der Waals surface area contributed by atoms with E-state index in [1.807, 2.05) is 0 Å². The molecule has 0 radical (unpaired) electrons. The summed E-state index contributed by atoms with van der Waals surface area (Å²) in [4.78, 5) is 0. The fourth-order valence-corrected chi connectivity index (χ4v) is 2.39. The first-order valence-electron chi connectivity index (χ1n) is 7.21. The molecule has 2 N–H and O–H groups in total. The van der Waals surface area contributed by atoms with Gasteiger partial charge in [-0.05, 0) is 36.8 Å². The van der Waals surface area contributed by atoms with Crippen LogP contribution in [0.5, 0.6) is 11.5 Å². The Kier molecular flexibility index (Phi) is 6.03. The van der Waals surface area contributed by atoms with Crippen LogP contribution >= 0.6 is 0 Å². The normalized spacial score (nSPS) is 10.8. The minimum absolute atomic E-state index is 0.0977. The van der Waals surface area contributed by atoms with Gasteiger partial charge in [-0.15, -0.1) is 0 Å². The van der Waals surface area contributed by atoms with E-state index in [1.165, 1.54) is 5.56 Å². The van der Waals surface area contributed by atoms with Gasteiger partial charge in [-0.25, -0.2) is 0 Å². The molecule has 2 nitrogen and oxygen atoms in total. The van der Waals surface area contributed by atoms with Crippen molar-refractivity contribution in [2.45, 2.75) is 65.7 Å². The summed E-state index contributed by atoms with van der Waals surface area (Å²) in [6.07, 6.45) is 6.90. The zero-order valence-electron chi connectivity index (χ0n) is 11.9. The average Bonchev–Trinajstić information content (AvgIpc) is 2.37. The van der Waals surface area contributed by atoms with Gasteiger partial charge < -0.3 is 10.2 Å². The number of phenols is 2. The van der Waals surface area contributed by atoms with Crippen LogP contribution in [0.3, 0.4) is 0 Å². The van der Waals surface area contributed by atoms with Crippen molar-refractivity contribution in [1.29, 1.82) is 0 Å². The predicted molar refractivity (Wildman–Crippen MR) is 76.4 cm³/mol. The molecule has 0 fully saturated rings. The van der Waals surface area contributed by atoms with Crippen molar-refractivity contribution in [2.24, 2.45) is 0 Å². The van der Waals surface area contributed by atoms with Crippen LogP contribution in [0.1, 0.15) is 63.1 Å². The standard InChI is InChI=1S/C16H26O2/c1-4-7-10-12-11-13(8-5-2)15(17)16(18)14(12)9-6-3/h11,17-18H,4-10H2,1-3H3. The highest BCUT2D eigenvalue weighted by Gasteiger charge is 2.15. The molecule has 102 valence electrons. The molecule has 0 saturated carbocycles. The Morgan fingerprint density at radius 3 is 2.00 bits per heavy atom. The van der Waals surface area contributed by atoms with Gasteiger partial charge >= 0.3 is 0 Å². The lowest BCUT2D eigenvalue weighted by Crippen LogP contribution is -1.99. The van der Waals surface area contributed by atoms with Crippen molar-refractivity contribution in [3.63, 3.8) is 0 Å². The molecular formula is C16H26O2. The van der Waals surface area contributed by atoms with E-state index in [1.54, 1.807) is 0 Å². The molecule has 0 atom stereocenters. The van der Waals surface area contributed by atoms with Crippen molar-refractivity contribution in [3.8, 4) is 11.5 Å². The van der Waals surface area contributed by atoms with E-state index >= 15 is 0 Å². The highest BCUT2D eigenvalue weighted by molar-refractivity contribution is 5.54. The van der Waals surface area contributed by atoms with Crippen molar-refractivity contribution in [1.82, 2.24) is 0 Å². The highest BCUT2D eigenvalue weighted by atomic mass is 16.3. The zero-order valence-corrected chi connectivity index (χ0v) is 11.9. The molecule has 0 saturated heterocycles. The van der Waals surface area contributed by atoms with E-state index in [2.05, 4.69) is 26.8 Å². The van der Waals surface area contributed by atoms with Gasteiger partial charge in [0.15, 0.2) is 11.5 Å². The summed E-state index contributed by atoms with van der Waals surface area (Å²) in [7, 11) is 0. The molecule has 0 amide bonds. The summed E-state index contributed by atoms with van der Waals surface area (Å²) in [5.41, 5.74) is 3.06. The van der Waals surface area contributed by atoms with Crippen LogP contribution in [0.2, 0.25) is 0 Å². The first-order valence-corrected chi connectivity index (χ1v) is 7.21. The molecule has 0 aliphatic carbocycles. The van der Waals surface area contributed by atoms with Crippen LogP contribution < -0.4 is 0 Å². The molecule has 0 aliphatic heterocycles. The SMILES string of the molecule is CCCCc1cc(CCC)c(O)c(O)c1CCC. The molecule has 0 heterocycles. The third-order valence-electron chi connectivity index (χ3n) is 3.37. The van der Waals surface area contributed by atoms with Crippen LogP contribution in [0.15, 0.2) is 6.07 Å². The Morgan fingerprint density at radius 1 is 0.778 bits per heavy atom. The maximum Gasteiger partial charge on any atom is 0.161 e. The Balaban J connectivity index is 3.17. The van der Waals surface area contributed by atoms with E-state index in [0.717, 1.165) is 56.1 Å². The lowest BCUT2D eigenvalue weighted by Gasteiger charge is -2.15. The molecule has 2 heteroatoms. The lowest BCUT2D eigenvalue weighted by atomic mass is 9.93. The number of rotatable bonds is 7. The monoisotopic (exact) mass is 250 g/mol. The highest BCUT2D eigenvalue weighted by Crippen LogP contribution is 2.37. The van der Waals surface area contributed by atoms with Gasteiger partial charge in [-0.3, -0.25) is 0 Å². The molecule has 1 aromatic rings. The van der Waals surface area contributed by atoms with E-state index in [4.69, 9.17) is 0 Å². The Labute approximate surface area is 111 Å². The summed E-state index contributed by atoms with van der Waals surface area (Å²) in [6.45, 7) is 6.36. The minimum Gasteiger partial charge on any atom is -0.504 e. The van der Waals surface area contributed by atoms with E-state index in [-0.39, 0.29) is 11.5 Å². The summed E-state index contributed by atoms with van der Waals surface area (Å²) < 4.78 is 0. The van der Waals surface area contributed by atoms with Crippen molar-refractivity contribution < 1.29 is 10.2 Å². The van der Waals surface area contributed by atoms with E-state index in [9.17, 15) is 10.2 Å². The number of aromatic hydroxyl groups is 2. The van der Waals surface area contributed by atoms with Crippen LogP contribution in [0, 0.1) is 0 Å². The largest absolute Gasteiger partial charge is 0.504 e. The molecule has 1 aromatic carbocycles. The number of benzene rings is 1. The van der Waals surface area contributed by atoms with Crippen molar-refractivity contribution in [3.05, 3.63) is 22.8 Å². The van der Waals surface area contributed by atoms with Gasteiger partial charge in [-0.1, -0.05) is 46.1 Å². The van der Waals surface area contributed by atoms with Crippen LogP contribution in [-0.2, 0) is 19.3 Å². The number of phenolic OH excluding ortho intramolecular Hbond substituents is 2. The summed E-state index contributed by atoms with van der Waals surface area (Å²) in [5.74, 6) is 0.217. The van der Waals surface area contributed by atoms with E-state index in [0.29, 0.717) is 0 Å². The van der Waals surface area contributed by atoms with Gasteiger partial charge in [0.25, 0.3) is 0 Å². The smallest absolute Gasteiger partial charge is 0.161 e. The number of hydrogen-bond acceptors (Lipinski definition) is 2. The summed E-state index contributed by atoms with van der Waals surface area (Å²) in [5, 5.41) is 20.2. The Hall–Kier alpha value is -1.18. The fourth-order valence-electron chi connectivity index (χ4n) is 2.39. The minimum atomic E-state index is 0.0977. The maximum absolute atomic E-state index is 10.2. The fraction of sp³-hybridized carbons (Fsp3) is 0.625. The molecule has 0 aliphatic rings. The predicted octanol–water partition coefficient (Wildman–Crippen LogP) is 4.35. The topological polar surface area (TPSA) is 40.5 Å². The molecular weight excluding hydrogens is 224 g/mol. The molecule has 0 spiro atoms. The number of aryl methyl sites for hydroxylation is 2. The summed E-state index contributed by atoms with van der Waals surface area (Å²) in [6, 6.07) is 2.10. The van der Waals surface area contributed by atoms with Crippen LogP contribution in [-0.4, -0.2) is 10.2 Å². The number of unbranched alkanes of at least 4 members (excludes halogenated alkanes) is 1. The van der Waals surface area contributed by atoms with Crippen molar-refractivity contribution in [2.75, 3.05) is 0 Å². The third kappa shape index (κ3) is 3.41. The van der Waals surface area contributed by atoms with Crippen molar-refractivity contribution >= 4 is 0 Å². The third-order valence-corrected chi connectivity index (χ3v) is 3.37. The Bertz CT molecular complexity index is 383. The van der Waals surface area contributed by atoms with Gasteiger partial charge in [0.05, 0.1) is 0 Å². The molecule has 0 bridgehead atoms. The van der Waals surface area contributed by atoms with Crippen LogP contribution in [0.25, 0.3) is 0 Å². The lowest BCUT2D eigenvalue weighted by molar-refractivity contribution is 0.393. The molecule has 1 rings (SSSR count). The summed E-state index contributed by atoms with van der Waals surface area (Å²) >= 11 is 0. The first kappa shape index (κ1) is 14.9. The van der Waals surface area contributed by atoms with Crippen LogP contribution in [0.4, 0.5) is 0 Å². The van der Waals surface area contributed by atoms with Gasteiger partial charge in [0.1, 0.15) is 0 Å². The second kappa shape index (κ2) is 7.30. The Morgan fingerprint density at radius 2 is 1.44 bits per heavy atom. The van der Waals surface area contributed by atoms with Gasteiger partial charge in [0, 0.05) is 5.56 Å². The molecule has 0 aromatic heterocycles. The zero-order chi connectivity index (χ0) is 13.5. The first-order chi connectivity index (χ1) is 8.65. The molecule has 18 heavy (non-hydrogen) atoms. The van der Waals surface area contributed by atoms with E-state index < -0.39 is 0 Å². The quantitative estimate of drug-likeness (QED) is 0.706. The number of hydrogen-bond donors (Lipinski definition) is 2. The van der Waals surface area contributed by atoms with Gasteiger partial charge in [-0.2, -0.15) is 0 Å². The second-order valence-electron chi connectivity index (χ2n) is 4.97. The van der Waals surface area contributed by atoms with Gasteiger partial charge in [0.2, 0.25) is 0 Å². The second-order valence-corrected chi connectivity index (χ2v) is 4.97. The maximum atomic E-state index is 10.2. The molecule has 0 unspecified atom stereocenters. The average molecular weight is 250 g/mol.